The van der Waals surface area contributed by atoms with E-state index in [9.17, 15) is 0 Å². The van der Waals surface area contributed by atoms with Crippen LogP contribution in [-0.4, -0.2) is 12.2 Å². The summed E-state index contributed by atoms with van der Waals surface area (Å²) < 4.78 is 1.18. The molecule has 5 rings (SSSR count). The second kappa shape index (κ2) is 10.3. The molecule has 0 fully saturated rings. The molecule has 2 N–H and O–H groups in total. The molecule has 35 heavy (non-hydrogen) atoms. The SMILES string of the molecule is CC1=C(C(C)(C)c2ccccc2)C[C@H](C2C=C([C@H]3C=CC(Br)=CC3)NC(C3=CCCC=C3)N2)C=C1. The van der Waals surface area contributed by atoms with Crippen molar-refractivity contribution in [1.29, 1.82) is 0 Å². The number of hydrogen-bond acceptors (Lipinski definition) is 2. The summed E-state index contributed by atoms with van der Waals surface area (Å²) in [6.45, 7) is 7.04. The van der Waals surface area contributed by atoms with Gasteiger partial charge in [-0.05, 0) is 55.7 Å². The van der Waals surface area contributed by atoms with Crippen molar-refractivity contribution in [2.24, 2.45) is 11.8 Å². The second-order valence-corrected chi connectivity index (χ2v) is 11.7. The fraction of sp³-hybridized carbons (Fsp3) is 0.375. The average Bonchev–Trinajstić information content (AvgIpc) is 2.90. The van der Waals surface area contributed by atoms with Crippen molar-refractivity contribution in [3.8, 4) is 0 Å². The van der Waals surface area contributed by atoms with E-state index in [-0.39, 0.29) is 17.6 Å². The highest BCUT2D eigenvalue weighted by atomic mass is 79.9. The molecule has 0 radical (unpaired) electrons. The second-order valence-electron chi connectivity index (χ2n) is 10.7. The minimum atomic E-state index is 0.00499. The smallest absolute Gasteiger partial charge is 0.103 e. The molecule has 0 saturated carbocycles. The molecule has 4 aliphatic rings. The Labute approximate surface area is 219 Å². The van der Waals surface area contributed by atoms with E-state index in [0.717, 1.165) is 25.7 Å². The van der Waals surface area contributed by atoms with E-state index in [1.807, 2.05) is 0 Å². The monoisotopic (exact) mass is 528 g/mol. The summed E-state index contributed by atoms with van der Waals surface area (Å²) in [5, 5.41) is 7.82. The lowest BCUT2D eigenvalue weighted by Crippen LogP contribution is -2.54. The highest BCUT2D eigenvalue weighted by Crippen LogP contribution is 2.41. The van der Waals surface area contributed by atoms with Crippen LogP contribution in [0.25, 0.3) is 0 Å². The maximum absolute atomic E-state index is 3.97. The number of nitrogens with one attached hydrogen (secondary N) is 2. The molecule has 182 valence electrons. The lowest BCUT2D eigenvalue weighted by molar-refractivity contribution is 0.359. The van der Waals surface area contributed by atoms with E-state index >= 15 is 0 Å². The minimum absolute atomic E-state index is 0.00499. The molecular weight excluding hydrogens is 492 g/mol. The molecule has 1 aliphatic heterocycles. The van der Waals surface area contributed by atoms with Crippen LogP contribution in [0.1, 0.15) is 52.0 Å². The Morgan fingerprint density at radius 2 is 1.80 bits per heavy atom. The van der Waals surface area contributed by atoms with Crippen molar-refractivity contribution in [3.63, 3.8) is 0 Å². The highest BCUT2D eigenvalue weighted by molar-refractivity contribution is 9.11. The summed E-state index contributed by atoms with van der Waals surface area (Å²) in [6.07, 6.45) is 25.6. The first-order valence-electron chi connectivity index (χ1n) is 13.0. The fourth-order valence-corrected chi connectivity index (χ4v) is 6.22. The van der Waals surface area contributed by atoms with Crippen LogP contribution in [0.15, 0.2) is 112 Å². The molecule has 2 nitrogen and oxygen atoms in total. The van der Waals surface area contributed by atoms with Gasteiger partial charge >= 0.3 is 0 Å². The average molecular weight is 530 g/mol. The molecule has 1 heterocycles. The van der Waals surface area contributed by atoms with Crippen LogP contribution >= 0.6 is 15.9 Å². The summed E-state index contributed by atoms with van der Waals surface area (Å²) in [6, 6.07) is 11.2. The number of allylic oxidation sites excluding steroid dienone is 9. The van der Waals surface area contributed by atoms with Gasteiger partial charge in [-0.15, -0.1) is 0 Å². The van der Waals surface area contributed by atoms with Crippen molar-refractivity contribution >= 4 is 15.9 Å². The van der Waals surface area contributed by atoms with E-state index in [2.05, 4.69) is 132 Å². The van der Waals surface area contributed by atoms with Gasteiger partial charge in [-0.2, -0.15) is 0 Å². The minimum Gasteiger partial charge on any atom is -0.369 e. The van der Waals surface area contributed by atoms with Gasteiger partial charge in [-0.1, -0.05) is 120 Å². The van der Waals surface area contributed by atoms with E-state index < -0.39 is 0 Å². The van der Waals surface area contributed by atoms with Crippen LogP contribution < -0.4 is 10.6 Å². The molecule has 0 saturated heterocycles. The first-order valence-corrected chi connectivity index (χ1v) is 13.8. The summed E-state index contributed by atoms with van der Waals surface area (Å²) in [4.78, 5) is 0. The molecule has 0 bridgehead atoms. The van der Waals surface area contributed by atoms with Crippen molar-refractivity contribution in [1.82, 2.24) is 10.6 Å². The molecule has 4 atom stereocenters. The van der Waals surface area contributed by atoms with Crippen LogP contribution in [0, 0.1) is 11.8 Å². The molecular formula is C32H37BrN2. The van der Waals surface area contributed by atoms with Crippen molar-refractivity contribution in [2.45, 2.75) is 64.1 Å². The Bertz CT molecular complexity index is 1160. The van der Waals surface area contributed by atoms with Gasteiger partial charge in [-0.3, -0.25) is 5.32 Å². The van der Waals surface area contributed by atoms with E-state index in [0.29, 0.717) is 11.8 Å². The Hall–Kier alpha value is -2.36. The van der Waals surface area contributed by atoms with Crippen LogP contribution in [0.4, 0.5) is 0 Å². The van der Waals surface area contributed by atoms with Gasteiger partial charge in [0.1, 0.15) is 6.17 Å². The van der Waals surface area contributed by atoms with Gasteiger partial charge in [-0.25, -0.2) is 0 Å². The normalized spacial score (nSPS) is 28.9. The lowest BCUT2D eigenvalue weighted by atomic mass is 9.69. The molecule has 1 aromatic carbocycles. The summed E-state index contributed by atoms with van der Waals surface area (Å²) >= 11 is 3.63. The summed E-state index contributed by atoms with van der Waals surface area (Å²) in [7, 11) is 0. The van der Waals surface area contributed by atoms with Gasteiger partial charge in [0.25, 0.3) is 0 Å². The number of hydrogen-bond donors (Lipinski definition) is 2. The quantitative estimate of drug-likeness (QED) is 0.407. The van der Waals surface area contributed by atoms with E-state index in [4.69, 9.17) is 0 Å². The molecule has 2 unspecified atom stereocenters. The molecule has 0 amide bonds. The van der Waals surface area contributed by atoms with E-state index in [1.54, 1.807) is 5.57 Å². The zero-order valence-corrected chi connectivity index (χ0v) is 22.7. The summed E-state index contributed by atoms with van der Waals surface area (Å²) in [5.74, 6) is 0.806. The third-order valence-corrected chi connectivity index (χ3v) is 8.65. The molecule has 0 spiro atoms. The predicted octanol–water partition coefficient (Wildman–Crippen LogP) is 7.76. The summed E-state index contributed by atoms with van der Waals surface area (Å²) in [5.41, 5.74) is 7.05. The van der Waals surface area contributed by atoms with Gasteiger partial charge in [0.2, 0.25) is 0 Å². The topological polar surface area (TPSA) is 24.1 Å². The highest BCUT2D eigenvalue weighted by Gasteiger charge is 2.35. The Morgan fingerprint density at radius 3 is 2.51 bits per heavy atom. The zero-order chi connectivity index (χ0) is 24.4. The first-order chi connectivity index (χ1) is 16.9. The molecule has 0 aromatic heterocycles. The van der Waals surface area contributed by atoms with Gasteiger partial charge in [0, 0.05) is 27.6 Å². The fourth-order valence-electron chi connectivity index (χ4n) is 5.88. The van der Waals surface area contributed by atoms with Gasteiger partial charge in [0.15, 0.2) is 0 Å². The van der Waals surface area contributed by atoms with E-state index in [1.165, 1.54) is 26.9 Å². The standard InChI is InChI=1S/C32H37BrN2/c1-22-14-15-25(20-28(22)32(2,3)26-12-8-5-9-13-26)30-21-29(23-16-18-27(33)19-17-23)34-31(35-30)24-10-6-4-7-11-24/h5-6,8-16,18-19,21,23,25,30-31,34-35H,4,7,17,20H2,1-3H3/t23-,25+,30?,31?/m0/s1. The van der Waals surface area contributed by atoms with Crippen LogP contribution in [-0.2, 0) is 5.41 Å². The van der Waals surface area contributed by atoms with Gasteiger partial charge < -0.3 is 5.32 Å². The maximum Gasteiger partial charge on any atom is 0.103 e. The molecule has 3 heteroatoms. The zero-order valence-electron chi connectivity index (χ0n) is 21.1. The van der Waals surface area contributed by atoms with Crippen molar-refractivity contribution in [2.75, 3.05) is 0 Å². The lowest BCUT2D eigenvalue weighted by Gasteiger charge is -2.41. The Balaban J connectivity index is 1.43. The molecule has 3 aliphatic carbocycles. The first kappa shape index (κ1) is 24.3. The van der Waals surface area contributed by atoms with Crippen molar-refractivity contribution < 1.29 is 0 Å². The Kier molecular flexibility index (Phi) is 7.18. The Morgan fingerprint density at radius 1 is 0.971 bits per heavy atom. The predicted molar refractivity (Wildman–Crippen MR) is 152 cm³/mol. The van der Waals surface area contributed by atoms with Gasteiger partial charge in [0.05, 0.1) is 0 Å². The van der Waals surface area contributed by atoms with Crippen molar-refractivity contribution in [3.05, 3.63) is 117 Å². The third-order valence-electron chi connectivity index (χ3n) is 8.06. The maximum atomic E-state index is 3.97. The molecule has 1 aromatic rings. The largest absolute Gasteiger partial charge is 0.369 e. The number of benzene rings is 1. The van der Waals surface area contributed by atoms with Crippen LogP contribution in [0.3, 0.4) is 0 Å². The van der Waals surface area contributed by atoms with Crippen LogP contribution in [0.2, 0.25) is 0 Å². The number of halogens is 1. The third kappa shape index (κ3) is 5.27. The number of rotatable bonds is 5. The van der Waals surface area contributed by atoms with Crippen LogP contribution in [0.5, 0.6) is 0 Å².